The van der Waals surface area contributed by atoms with Gasteiger partial charge in [-0.1, -0.05) is 12.2 Å². The highest BCUT2D eigenvalue weighted by Gasteiger charge is 2.00. The largest absolute Gasteiger partial charge is 0.481 e. The van der Waals surface area contributed by atoms with Crippen molar-refractivity contribution in [1.29, 1.82) is 0 Å². The minimum atomic E-state index is 0.649. The van der Waals surface area contributed by atoms with Crippen molar-refractivity contribution in [2.24, 2.45) is 0 Å². The van der Waals surface area contributed by atoms with Gasteiger partial charge >= 0.3 is 0 Å². The maximum atomic E-state index is 5.07. The Morgan fingerprint density at radius 1 is 1.58 bits per heavy atom. The highest BCUT2D eigenvalue weighted by Crippen LogP contribution is 2.20. The summed E-state index contributed by atoms with van der Waals surface area (Å²) in [5, 5.41) is 0. The Hall–Kier alpha value is -0.830. The van der Waals surface area contributed by atoms with Crippen LogP contribution >= 0.6 is 15.9 Å². The number of pyridine rings is 1. The Kier molecular flexibility index (Phi) is 3.29. The predicted octanol–water partition coefficient (Wildman–Crippen LogP) is 2.89. The van der Waals surface area contributed by atoms with E-state index in [2.05, 4.69) is 20.9 Å². The van der Waals surface area contributed by atoms with E-state index in [4.69, 9.17) is 4.74 Å². The van der Waals surface area contributed by atoms with Crippen molar-refractivity contribution in [3.8, 4) is 5.88 Å². The minimum absolute atomic E-state index is 0.649. The summed E-state index contributed by atoms with van der Waals surface area (Å²) in [5.41, 5.74) is 0.981. The van der Waals surface area contributed by atoms with Gasteiger partial charge in [0.05, 0.1) is 7.11 Å². The average Bonchev–Trinajstić information content (AvgIpc) is 2.05. The van der Waals surface area contributed by atoms with E-state index in [0.29, 0.717) is 5.88 Å². The molecule has 0 amide bonds. The van der Waals surface area contributed by atoms with Crippen LogP contribution in [0.25, 0.3) is 6.08 Å². The fourth-order valence-corrected chi connectivity index (χ4v) is 1.26. The summed E-state index contributed by atoms with van der Waals surface area (Å²) >= 11 is 3.34. The Bertz CT molecular complexity index is 297. The van der Waals surface area contributed by atoms with E-state index in [0.717, 1.165) is 10.0 Å². The van der Waals surface area contributed by atoms with Crippen LogP contribution in [0.5, 0.6) is 5.88 Å². The molecule has 0 aliphatic heterocycles. The molecule has 0 unspecified atom stereocenters. The Balaban J connectivity index is 3.12. The maximum Gasteiger partial charge on any atom is 0.220 e. The first kappa shape index (κ1) is 9.26. The number of nitrogens with zero attached hydrogens (tertiary/aromatic N) is 1. The summed E-state index contributed by atoms with van der Waals surface area (Å²) in [5.74, 6) is 0.649. The molecule has 0 aromatic carbocycles. The second-order valence-corrected chi connectivity index (χ2v) is 3.17. The van der Waals surface area contributed by atoms with Crippen molar-refractivity contribution in [3.63, 3.8) is 0 Å². The molecule has 0 radical (unpaired) electrons. The van der Waals surface area contributed by atoms with E-state index in [1.807, 2.05) is 25.1 Å². The van der Waals surface area contributed by atoms with Crippen LogP contribution in [-0.4, -0.2) is 12.1 Å². The molecule has 0 spiro atoms. The standard InChI is InChI=1S/C9H10BrNO/c1-3-4-7-5-8(10)6-11-9(7)12-2/h3-6H,1-2H3/b4-3+. The Morgan fingerprint density at radius 3 is 2.92 bits per heavy atom. The van der Waals surface area contributed by atoms with Crippen molar-refractivity contribution >= 4 is 22.0 Å². The monoisotopic (exact) mass is 227 g/mol. The van der Waals surface area contributed by atoms with E-state index in [1.54, 1.807) is 13.3 Å². The van der Waals surface area contributed by atoms with Crippen molar-refractivity contribution in [1.82, 2.24) is 4.98 Å². The van der Waals surface area contributed by atoms with Gasteiger partial charge in [0.15, 0.2) is 0 Å². The fourth-order valence-electron chi connectivity index (χ4n) is 0.912. The van der Waals surface area contributed by atoms with Gasteiger partial charge in [0, 0.05) is 16.2 Å². The van der Waals surface area contributed by atoms with Gasteiger partial charge in [-0.3, -0.25) is 0 Å². The van der Waals surface area contributed by atoms with Crippen LogP contribution < -0.4 is 4.74 Å². The maximum absolute atomic E-state index is 5.07. The first-order valence-corrected chi connectivity index (χ1v) is 4.39. The molecule has 0 aliphatic rings. The number of aromatic nitrogens is 1. The van der Waals surface area contributed by atoms with Crippen LogP contribution in [0.15, 0.2) is 22.8 Å². The van der Waals surface area contributed by atoms with Gasteiger partial charge in [-0.15, -0.1) is 0 Å². The number of methoxy groups -OCH3 is 1. The summed E-state index contributed by atoms with van der Waals surface area (Å²) in [4.78, 5) is 4.09. The summed E-state index contributed by atoms with van der Waals surface area (Å²) < 4.78 is 6.02. The number of hydrogen-bond donors (Lipinski definition) is 0. The van der Waals surface area contributed by atoms with Crippen LogP contribution in [-0.2, 0) is 0 Å². The molecule has 0 fully saturated rings. The quantitative estimate of drug-likeness (QED) is 0.776. The number of hydrogen-bond acceptors (Lipinski definition) is 2. The van der Waals surface area contributed by atoms with E-state index >= 15 is 0 Å². The summed E-state index contributed by atoms with van der Waals surface area (Å²) in [6, 6.07) is 1.96. The van der Waals surface area contributed by atoms with Crippen LogP contribution in [0.2, 0.25) is 0 Å². The molecule has 0 N–H and O–H groups in total. The minimum Gasteiger partial charge on any atom is -0.481 e. The molecule has 0 bridgehead atoms. The van der Waals surface area contributed by atoms with Crippen LogP contribution in [0.4, 0.5) is 0 Å². The van der Waals surface area contributed by atoms with E-state index < -0.39 is 0 Å². The molecule has 12 heavy (non-hydrogen) atoms. The number of ether oxygens (including phenoxy) is 1. The normalized spacial score (nSPS) is 10.6. The molecule has 1 aromatic rings. The van der Waals surface area contributed by atoms with Gasteiger partial charge in [-0.05, 0) is 28.9 Å². The van der Waals surface area contributed by atoms with E-state index in [1.165, 1.54) is 0 Å². The second-order valence-electron chi connectivity index (χ2n) is 2.25. The lowest BCUT2D eigenvalue weighted by atomic mass is 10.2. The van der Waals surface area contributed by atoms with E-state index in [-0.39, 0.29) is 0 Å². The van der Waals surface area contributed by atoms with Crippen molar-refractivity contribution in [2.45, 2.75) is 6.92 Å². The summed E-state index contributed by atoms with van der Waals surface area (Å²) in [6.07, 6.45) is 5.62. The third kappa shape index (κ3) is 2.08. The van der Waals surface area contributed by atoms with Crippen LogP contribution in [0.3, 0.4) is 0 Å². The molecule has 0 saturated heterocycles. The van der Waals surface area contributed by atoms with Crippen molar-refractivity contribution in [2.75, 3.05) is 7.11 Å². The number of allylic oxidation sites excluding steroid dienone is 1. The fraction of sp³-hybridized carbons (Fsp3) is 0.222. The third-order valence-corrected chi connectivity index (χ3v) is 1.82. The van der Waals surface area contributed by atoms with Crippen LogP contribution in [0, 0.1) is 0 Å². The lowest BCUT2D eigenvalue weighted by Gasteiger charge is -2.02. The molecule has 0 saturated carbocycles. The Labute approximate surface area is 80.4 Å². The zero-order valence-electron chi connectivity index (χ0n) is 7.04. The molecule has 1 rings (SSSR count). The average molecular weight is 228 g/mol. The van der Waals surface area contributed by atoms with Crippen molar-refractivity contribution < 1.29 is 4.74 Å². The van der Waals surface area contributed by atoms with Gasteiger partial charge in [-0.25, -0.2) is 4.98 Å². The van der Waals surface area contributed by atoms with Crippen LogP contribution in [0.1, 0.15) is 12.5 Å². The Morgan fingerprint density at radius 2 is 2.33 bits per heavy atom. The molecular weight excluding hydrogens is 218 g/mol. The molecule has 0 atom stereocenters. The van der Waals surface area contributed by atoms with Gasteiger partial charge in [0.1, 0.15) is 0 Å². The zero-order chi connectivity index (χ0) is 8.97. The first-order valence-electron chi connectivity index (χ1n) is 3.60. The lowest BCUT2D eigenvalue weighted by Crippen LogP contribution is -1.90. The lowest BCUT2D eigenvalue weighted by molar-refractivity contribution is 0.396. The molecule has 64 valence electrons. The van der Waals surface area contributed by atoms with Gasteiger partial charge < -0.3 is 4.74 Å². The van der Waals surface area contributed by atoms with Gasteiger partial charge in [0.2, 0.25) is 5.88 Å². The second kappa shape index (κ2) is 4.26. The number of halogens is 1. The predicted molar refractivity (Wildman–Crippen MR) is 53.2 cm³/mol. The highest BCUT2D eigenvalue weighted by atomic mass is 79.9. The molecule has 1 aromatic heterocycles. The summed E-state index contributed by atoms with van der Waals surface area (Å²) in [6.45, 7) is 1.96. The van der Waals surface area contributed by atoms with Gasteiger partial charge in [-0.2, -0.15) is 0 Å². The molecular formula is C9H10BrNO. The molecule has 1 heterocycles. The SMILES string of the molecule is C/C=C/c1cc(Br)cnc1OC. The third-order valence-electron chi connectivity index (χ3n) is 1.39. The van der Waals surface area contributed by atoms with Gasteiger partial charge in [0.25, 0.3) is 0 Å². The first-order chi connectivity index (χ1) is 5.77. The zero-order valence-corrected chi connectivity index (χ0v) is 8.63. The highest BCUT2D eigenvalue weighted by molar-refractivity contribution is 9.10. The molecule has 2 nitrogen and oxygen atoms in total. The molecule has 3 heteroatoms. The molecule has 0 aliphatic carbocycles. The topological polar surface area (TPSA) is 22.1 Å². The van der Waals surface area contributed by atoms with E-state index in [9.17, 15) is 0 Å². The smallest absolute Gasteiger partial charge is 0.220 e. The number of rotatable bonds is 2. The summed E-state index contributed by atoms with van der Waals surface area (Å²) in [7, 11) is 1.61. The van der Waals surface area contributed by atoms with Crippen molar-refractivity contribution in [3.05, 3.63) is 28.4 Å².